The van der Waals surface area contributed by atoms with Crippen molar-refractivity contribution in [3.8, 4) is 5.75 Å². The molecule has 10 heteroatoms. The monoisotopic (exact) mass is 505 g/mol. The lowest BCUT2D eigenvalue weighted by Gasteiger charge is -2.53. The zero-order chi connectivity index (χ0) is 23.8. The lowest BCUT2D eigenvalue weighted by molar-refractivity contribution is -0.229. The van der Waals surface area contributed by atoms with E-state index in [9.17, 15) is 9.18 Å². The topological polar surface area (TPSA) is 88.6 Å². The van der Waals surface area contributed by atoms with Crippen LogP contribution in [0.2, 0.25) is 0 Å². The predicted octanol–water partition coefficient (Wildman–Crippen LogP) is 3.33. The van der Waals surface area contributed by atoms with E-state index in [1.54, 1.807) is 30.5 Å². The van der Waals surface area contributed by atoms with Crippen LogP contribution in [0.3, 0.4) is 0 Å². The van der Waals surface area contributed by atoms with Gasteiger partial charge >= 0.3 is 0 Å². The van der Waals surface area contributed by atoms with Gasteiger partial charge in [0.25, 0.3) is 5.91 Å². The summed E-state index contributed by atoms with van der Waals surface area (Å²) < 4.78 is 26.9. The van der Waals surface area contributed by atoms with Gasteiger partial charge < -0.3 is 25.0 Å². The van der Waals surface area contributed by atoms with Gasteiger partial charge in [0.05, 0.1) is 6.20 Å². The fourth-order valence-electron chi connectivity index (χ4n) is 5.40. The molecule has 8 nitrogen and oxygen atoms in total. The molecule has 190 valence electrons. The molecule has 1 amide bonds. The predicted molar refractivity (Wildman–Crippen MR) is 133 cm³/mol. The minimum atomic E-state index is -1.56. The number of ether oxygens (including phenoxy) is 2. The van der Waals surface area contributed by atoms with Crippen molar-refractivity contribution in [1.82, 2.24) is 20.6 Å². The number of aromatic nitrogens is 2. The van der Waals surface area contributed by atoms with Gasteiger partial charge in [-0.05, 0) is 38.1 Å². The normalized spacial score (nSPS) is 27.3. The molecule has 3 aliphatic heterocycles. The zero-order valence-electron chi connectivity index (χ0n) is 20.1. The Morgan fingerprint density at radius 2 is 1.97 bits per heavy atom. The van der Waals surface area contributed by atoms with Crippen LogP contribution in [0.15, 0.2) is 42.9 Å². The van der Waals surface area contributed by atoms with Gasteiger partial charge in [0.15, 0.2) is 11.6 Å². The highest BCUT2D eigenvalue weighted by molar-refractivity contribution is 5.94. The number of amides is 1. The smallest absolute Gasteiger partial charge is 0.251 e. The minimum Gasteiger partial charge on any atom is -0.454 e. The Labute approximate surface area is 211 Å². The number of rotatable bonds is 6. The summed E-state index contributed by atoms with van der Waals surface area (Å²) in [5.41, 5.74) is 0.808. The average Bonchev–Trinajstić information content (AvgIpc) is 3.14. The fourth-order valence-corrected chi connectivity index (χ4v) is 5.40. The molecular formula is C25H33ClFN5O3. The highest BCUT2D eigenvalue weighted by atomic mass is 35.5. The van der Waals surface area contributed by atoms with Crippen LogP contribution >= 0.6 is 12.4 Å². The van der Waals surface area contributed by atoms with Gasteiger partial charge in [-0.2, -0.15) is 0 Å². The van der Waals surface area contributed by atoms with E-state index in [1.807, 2.05) is 19.9 Å². The summed E-state index contributed by atoms with van der Waals surface area (Å²) in [5.74, 6) is -0.821. The number of hydrogen-bond acceptors (Lipinski definition) is 7. The van der Waals surface area contributed by atoms with E-state index in [0.29, 0.717) is 22.5 Å². The molecule has 0 bridgehead atoms. The number of anilines is 1. The van der Waals surface area contributed by atoms with E-state index in [-0.39, 0.29) is 30.7 Å². The Morgan fingerprint density at radius 1 is 1.26 bits per heavy atom. The first kappa shape index (κ1) is 25.6. The largest absolute Gasteiger partial charge is 0.454 e. The molecule has 1 aromatic carbocycles. The van der Waals surface area contributed by atoms with Crippen LogP contribution in [0.5, 0.6) is 5.75 Å². The van der Waals surface area contributed by atoms with E-state index in [4.69, 9.17) is 9.47 Å². The highest BCUT2D eigenvalue weighted by Crippen LogP contribution is 2.45. The molecule has 1 aromatic heterocycles. The van der Waals surface area contributed by atoms with Gasteiger partial charge in [-0.15, -0.1) is 12.4 Å². The first-order chi connectivity index (χ1) is 16.4. The Kier molecular flexibility index (Phi) is 7.49. The molecule has 35 heavy (non-hydrogen) atoms. The maximum Gasteiger partial charge on any atom is 0.251 e. The van der Waals surface area contributed by atoms with E-state index < -0.39 is 18.2 Å². The summed E-state index contributed by atoms with van der Waals surface area (Å²) in [4.78, 5) is 23.7. The molecule has 0 saturated carbocycles. The number of hydrogen-bond donors (Lipinski definition) is 2. The summed E-state index contributed by atoms with van der Waals surface area (Å²) in [6.45, 7) is 7.67. The van der Waals surface area contributed by atoms with Gasteiger partial charge in [0.1, 0.15) is 12.4 Å². The summed E-state index contributed by atoms with van der Waals surface area (Å²) in [5, 5.41) is 6.37. The third-order valence-corrected chi connectivity index (χ3v) is 7.31. The standard InChI is InChI=1S/C25H32FN5O3.ClH/c1-17(2)25(20(12-21(26)34-25)30-23(32)18-6-4-3-5-7-18)33-19-13-28-16-29-22(19)31-14-24(15-31)8-10-27-11-9-24;/h3-7,13,16-17,20-21,27H,8-12,14-15H2,1-2H3,(H,30,32);1H/t20-,21+,25-;/m0./s1. The molecule has 0 radical (unpaired) electrons. The minimum absolute atomic E-state index is 0. The second-order valence-corrected chi connectivity index (χ2v) is 9.95. The number of halogens is 2. The maximum absolute atomic E-state index is 14.7. The molecule has 0 aliphatic carbocycles. The van der Waals surface area contributed by atoms with Crippen LogP contribution in [0.4, 0.5) is 10.2 Å². The van der Waals surface area contributed by atoms with Crippen molar-refractivity contribution in [1.29, 1.82) is 0 Å². The lowest BCUT2D eigenvalue weighted by Crippen LogP contribution is -2.61. The molecular weight excluding hydrogens is 473 g/mol. The average molecular weight is 506 g/mol. The van der Waals surface area contributed by atoms with Gasteiger partial charge in [-0.3, -0.25) is 4.79 Å². The SMILES string of the molecule is CC(C)[C@]1(Oc2cncnc2N2CC3(CCNCC3)C2)O[C@@H](F)C[C@@H]1NC(=O)c1ccccc1.Cl. The first-order valence-electron chi connectivity index (χ1n) is 12.0. The molecule has 2 aromatic rings. The third-order valence-electron chi connectivity index (χ3n) is 7.31. The van der Waals surface area contributed by atoms with Gasteiger partial charge in [0, 0.05) is 36.4 Å². The molecule has 3 atom stereocenters. The van der Waals surface area contributed by atoms with Gasteiger partial charge in [-0.25, -0.2) is 14.4 Å². The van der Waals surface area contributed by atoms with Crippen LogP contribution in [-0.2, 0) is 4.74 Å². The second kappa shape index (κ2) is 10.2. The second-order valence-electron chi connectivity index (χ2n) is 9.95. The van der Waals surface area contributed by atoms with Gasteiger partial charge in [-0.1, -0.05) is 32.0 Å². The zero-order valence-corrected chi connectivity index (χ0v) is 20.9. The van der Waals surface area contributed by atoms with Crippen molar-refractivity contribution in [3.63, 3.8) is 0 Å². The summed E-state index contributed by atoms with van der Waals surface area (Å²) >= 11 is 0. The highest BCUT2D eigenvalue weighted by Gasteiger charge is 2.55. The number of piperidine rings is 1. The summed E-state index contributed by atoms with van der Waals surface area (Å²) in [7, 11) is 0. The van der Waals surface area contributed by atoms with Crippen molar-refractivity contribution >= 4 is 24.1 Å². The molecule has 2 N–H and O–H groups in total. The van der Waals surface area contributed by atoms with Crippen LogP contribution in [0.1, 0.15) is 43.5 Å². The Bertz CT molecular complexity index is 1020. The van der Waals surface area contributed by atoms with Crippen molar-refractivity contribution in [3.05, 3.63) is 48.4 Å². The van der Waals surface area contributed by atoms with Crippen molar-refractivity contribution in [2.24, 2.45) is 11.3 Å². The number of carbonyl (C=O) groups excluding carboxylic acids is 1. The van der Waals surface area contributed by atoms with Crippen LogP contribution in [-0.4, -0.2) is 60.2 Å². The summed E-state index contributed by atoms with van der Waals surface area (Å²) in [6.07, 6.45) is 3.82. The Hall–Kier alpha value is -2.49. The van der Waals surface area contributed by atoms with E-state index >= 15 is 0 Å². The molecule has 0 unspecified atom stereocenters. The Balaban J connectivity index is 0.00000289. The van der Waals surface area contributed by atoms with Gasteiger partial charge in [0.2, 0.25) is 12.1 Å². The van der Waals surface area contributed by atoms with Crippen LogP contribution in [0.25, 0.3) is 0 Å². The van der Waals surface area contributed by atoms with Crippen LogP contribution < -0.4 is 20.3 Å². The lowest BCUT2D eigenvalue weighted by atomic mass is 9.72. The molecule has 3 fully saturated rings. The molecule has 3 saturated heterocycles. The van der Waals surface area contributed by atoms with Crippen molar-refractivity contribution in [2.75, 3.05) is 31.1 Å². The van der Waals surface area contributed by atoms with Crippen LogP contribution in [0, 0.1) is 11.3 Å². The quantitative estimate of drug-likeness (QED) is 0.622. The molecule has 1 spiro atoms. The molecule has 3 aliphatic rings. The van der Waals surface area contributed by atoms with Crippen molar-refractivity contribution < 1.29 is 18.7 Å². The van der Waals surface area contributed by atoms with E-state index in [0.717, 1.165) is 39.0 Å². The summed E-state index contributed by atoms with van der Waals surface area (Å²) in [6, 6.07) is 8.18. The number of benzene rings is 1. The molecule has 4 heterocycles. The molecule has 5 rings (SSSR count). The maximum atomic E-state index is 14.7. The number of nitrogens with zero attached hydrogens (tertiary/aromatic N) is 3. The van der Waals surface area contributed by atoms with Crippen molar-refractivity contribution in [2.45, 2.75) is 51.3 Å². The van der Waals surface area contributed by atoms with E-state index in [2.05, 4.69) is 25.5 Å². The fraction of sp³-hybridized carbons (Fsp3) is 0.560. The Morgan fingerprint density at radius 3 is 2.66 bits per heavy atom. The first-order valence-corrected chi connectivity index (χ1v) is 12.0. The third kappa shape index (κ3) is 4.94. The number of carbonyl (C=O) groups is 1. The number of nitrogens with one attached hydrogen (secondary N) is 2. The number of alkyl halides is 1. The van der Waals surface area contributed by atoms with E-state index in [1.165, 1.54) is 6.33 Å².